The fourth-order valence-corrected chi connectivity index (χ4v) is 4.11. The van der Waals surface area contributed by atoms with Gasteiger partial charge in [0, 0.05) is 48.9 Å². The van der Waals surface area contributed by atoms with Crippen molar-refractivity contribution in [1.82, 2.24) is 4.90 Å². The lowest BCUT2D eigenvalue weighted by atomic mass is 10.2. The molecule has 1 aliphatic rings. The van der Waals surface area contributed by atoms with Gasteiger partial charge >= 0.3 is 0 Å². The van der Waals surface area contributed by atoms with Gasteiger partial charge in [-0.15, -0.1) is 0 Å². The van der Waals surface area contributed by atoms with Crippen LogP contribution in [0.15, 0.2) is 59.0 Å². The van der Waals surface area contributed by atoms with Crippen molar-refractivity contribution in [3.05, 3.63) is 70.4 Å². The first-order valence-electron chi connectivity index (χ1n) is 10.4. The summed E-state index contributed by atoms with van der Waals surface area (Å²) >= 11 is 12.4. The van der Waals surface area contributed by atoms with Crippen LogP contribution >= 0.6 is 23.2 Å². The Balaban J connectivity index is 1.40. The Labute approximate surface area is 196 Å². The van der Waals surface area contributed by atoms with Crippen molar-refractivity contribution < 1.29 is 14.0 Å². The molecule has 0 aliphatic carbocycles. The first kappa shape index (κ1) is 22.2. The molecule has 2 amide bonds. The van der Waals surface area contributed by atoms with Crippen LogP contribution in [0.25, 0.3) is 11.3 Å². The highest BCUT2D eigenvalue weighted by Crippen LogP contribution is 2.30. The van der Waals surface area contributed by atoms with E-state index in [0.717, 1.165) is 24.3 Å². The summed E-state index contributed by atoms with van der Waals surface area (Å²) in [7, 11) is 0. The van der Waals surface area contributed by atoms with E-state index in [1.165, 1.54) is 0 Å². The first-order chi connectivity index (χ1) is 15.4. The van der Waals surface area contributed by atoms with E-state index in [9.17, 15) is 9.59 Å². The second kappa shape index (κ2) is 9.67. The molecule has 1 N–H and O–H groups in total. The number of halogens is 2. The highest BCUT2D eigenvalue weighted by atomic mass is 35.5. The highest BCUT2D eigenvalue weighted by molar-refractivity contribution is 6.33. The van der Waals surface area contributed by atoms with Gasteiger partial charge in [-0.1, -0.05) is 30.1 Å². The molecule has 2 heterocycles. The fourth-order valence-electron chi connectivity index (χ4n) is 3.68. The van der Waals surface area contributed by atoms with E-state index in [0.29, 0.717) is 41.0 Å². The molecule has 6 nitrogen and oxygen atoms in total. The number of nitrogens with one attached hydrogen (secondary N) is 1. The van der Waals surface area contributed by atoms with Gasteiger partial charge in [-0.05, 0) is 54.6 Å². The molecule has 32 heavy (non-hydrogen) atoms. The molecule has 0 atom stereocenters. The smallest absolute Gasteiger partial charge is 0.291 e. The summed E-state index contributed by atoms with van der Waals surface area (Å²) in [5, 5.41) is 4.00. The van der Waals surface area contributed by atoms with Crippen LogP contribution in [0.1, 0.15) is 23.9 Å². The zero-order chi connectivity index (χ0) is 22.7. The third-order valence-electron chi connectivity index (χ3n) is 5.44. The molecule has 1 saturated heterocycles. The molecule has 0 bridgehead atoms. The second-order valence-corrected chi connectivity index (χ2v) is 8.36. The normalized spacial score (nSPS) is 13.8. The van der Waals surface area contributed by atoms with Crippen LogP contribution in [-0.4, -0.2) is 42.9 Å². The molecular weight excluding hydrogens is 449 g/mol. The Kier molecular flexibility index (Phi) is 6.72. The number of hydrogen-bond donors (Lipinski definition) is 1. The number of rotatable bonds is 5. The third-order valence-corrected chi connectivity index (χ3v) is 5.99. The number of nitrogens with zero attached hydrogens (tertiary/aromatic N) is 2. The molecule has 1 aliphatic heterocycles. The summed E-state index contributed by atoms with van der Waals surface area (Å²) in [6, 6.07) is 16.0. The monoisotopic (exact) mass is 471 g/mol. The summed E-state index contributed by atoms with van der Waals surface area (Å²) in [6.45, 7) is 4.67. The standard InChI is InChI=1S/C24H23Cl2N3O3/c1-2-23(30)29-13-11-28(12-14-29)20-8-7-18(15-19(20)26)27-24(31)22-10-9-21(32-22)16-3-5-17(25)6-4-16/h3-10,15H,2,11-14H2,1H3,(H,27,31). The van der Waals surface area contributed by atoms with E-state index >= 15 is 0 Å². The molecule has 0 spiro atoms. The molecule has 8 heteroatoms. The third kappa shape index (κ3) is 4.92. The van der Waals surface area contributed by atoms with Gasteiger partial charge in [-0.3, -0.25) is 9.59 Å². The molecule has 1 fully saturated rings. The summed E-state index contributed by atoms with van der Waals surface area (Å²) in [5.74, 6) is 0.597. The van der Waals surface area contributed by atoms with Crippen molar-refractivity contribution in [2.45, 2.75) is 13.3 Å². The average Bonchev–Trinajstić information content (AvgIpc) is 3.30. The summed E-state index contributed by atoms with van der Waals surface area (Å²) in [6.07, 6.45) is 0.520. The van der Waals surface area contributed by atoms with Gasteiger partial charge < -0.3 is 19.5 Å². The van der Waals surface area contributed by atoms with Crippen LogP contribution in [0.2, 0.25) is 10.0 Å². The van der Waals surface area contributed by atoms with E-state index < -0.39 is 0 Å². The van der Waals surface area contributed by atoms with Gasteiger partial charge in [0.15, 0.2) is 5.76 Å². The number of amides is 2. The van der Waals surface area contributed by atoms with Crippen LogP contribution in [-0.2, 0) is 4.79 Å². The largest absolute Gasteiger partial charge is 0.451 e. The minimum absolute atomic E-state index is 0.172. The Bertz CT molecular complexity index is 1120. The Morgan fingerprint density at radius 1 is 0.969 bits per heavy atom. The van der Waals surface area contributed by atoms with Crippen molar-refractivity contribution in [1.29, 1.82) is 0 Å². The number of carbonyl (C=O) groups excluding carboxylic acids is 2. The van der Waals surface area contributed by atoms with Gasteiger partial charge in [0.2, 0.25) is 5.91 Å². The number of anilines is 2. The van der Waals surface area contributed by atoms with Crippen LogP contribution in [0.4, 0.5) is 11.4 Å². The number of carbonyl (C=O) groups is 2. The molecule has 0 saturated carbocycles. The van der Waals surface area contributed by atoms with E-state index in [1.54, 1.807) is 30.3 Å². The van der Waals surface area contributed by atoms with E-state index in [-0.39, 0.29) is 17.6 Å². The predicted molar refractivity (Wildman–Crippen MR) is 128 cm³/mol. The maximum atomic E-state index is 12.6. The van der Waals surface area contributed by atoms with Gasteiger partial charge in [-0.25, -0.2) is 0 Å². The molecule has 3 aromatic rings. The van der Waals surface area contributed by atoms with Gasteiger partial charge in [0.25, 0.3) is 5.91 Å². The Morgan fingerprint density at radius 2 is 1.69 bits per heavy atom. The Hall–Kier alpha value is -2.96. The lowest BCUT2D eigenvalue weighted by Crippen LogP contribution is -2.48. The van der Waals surface area contributed by atoms with Crippen molar-refractivity contribution in [3.63, 3.8) is 0 Å². The molecule has 0 radical (unpaired) electrons. The average molecular weight is 472 g/mol. The minimum Gasteiger partial charge on any atom is -0.451 e. The van der Waals surface area contributed by atoms with Gasteiger partial charge in [0.1, 0.15) is 5.76 Å². The van der Waals surface area contributed by atoms with Crippen molar-refractivity contribution >= 4 is 46.4 Å². The van der Waals surface area contributed by atoms with Gasteiger partial charge in [0.05, 0.1) is 10.7 Å². The first-order valence-corrected chi connectivity index (χ1v) is 11.2. The zero-order valence-electron chi connectivity index (χ0n) is 17.6. The van der Waals surface area contributed by atoms with Gasteiger partial charge in [-0.2, -0.15) is 0 Å². The van der Waals surface area contributed by atoms with Crippen molar-refractivity contribution in [3.8, 4) is 11.3 Å². The predicted octanol–water partition coefficient (Wildman–Crippen LogP) is 5.56. The van der Waals surface area contributed by atoms with Crippen molar-refractivity contribution in [2.75, 3.05) is 36.4 Å². The molecule has 166 valence electrons. The van der Waals surface area contributed by atoms with E-state index in [4.69, 9.17) is 27.6 Å². The van der Waals surface area contributed by atoms with E-state index in [2.05, 4.69) is 10.2 Å². The molecule has 1 aromatic heterocycles. The summed E-state index contributed by atoms with van der Waals surface area (Å²) < 4.78 is 5.70. The molecule has 4 rings (SSSR count). The fraction of sp³-hybridized carbons (Fsp3) is 0.250. The SMILES string of the molecule is CCC(=O)N1CCN(c2ccc(NC(=O)c3ccc(-c4ccc(Cl)cc4)o3)cc2Cl)CC1. The Morgan fingerprint density at radius 3 is 2.34 bits per heavy atom. The molecule has 2 aromatic carbocycles. The number of furan rings is 1. The number of benzene rings is 2. The van der Waals surface area contributed by atoms with Crippen LogP contribution in [0.3, 0.4) is 0 Å². The lowest BCUT2D eigenvalue weighted by Gasteiger charge is -2.36. The highest BCUT2D eigenvalue weighted by Gasteiger charge is 2.22. The molecular formula is C24H23Cl2N3O3. The van der Waals surface area contributed by atoms with Crippen LogP contribution in [0.5, 0.6) is 0 Å². The maximum Gasteiger partial charge on any atom is 0.291 e. The summed E-state index contributed by atoms with van der Waals surface area (Å²) in [5.41, 5.74) is 2.30. The quantitative estimate of drug-likeness (QED) is 0.528. The number of hydrogen-bond acceptors (Lipinski definition) is 4. The minimum atomic E-state index is -0.360. The topological polar surface area (TPSA) is 65.8 Å². The van der Waals surface area contributed by atoms with Crippen LogP contribution in [0, 0.1) is 0 Å². The lowest BCUT2D eigenvalue weighted by molar-refractivity contribution is -0.131. The second-order valence-electron chi connectivity index (χ2n) is 7.51. The van der Waals surface area contributed by atoms with E-state index in [1.807, 2.05) is 36.1 Å². The summed E-state index contributed by atoms with van der Waals surface area (Å²) in [4.78, 5) is 28.5. The maximum absolute atomic E-state index is 12.6. The zero-order valence-corrected chi connectivity index (χ0v) is 19.1. The van der Waals surface area contributed by atoms with Crippen LogP contribution < -0.4 is 10.2 Å². The van der Waals surface area contributed by atoms with Crippen molar-refractivity contribution in [2.24, 2.45) is 0 Å². The molecule has 0 unspecified atom stereocenters. The number of piperazine rings is 1.